The maximum atomic E-state index is 11.9. The highest BCUT2D eigenvalue weighted by Gasteiger charge is 2.10. The van der Waals surface area contributed by atoms with Crippen LogP contribution in [-0.2, 0) is 20.9 Å². The zero-order valence-electron chi connectivity index (χ0n) is 16.7. The number of carbonyl (C=O) groups is 2. The highest BCUT2D eigenvalue weighted by molar-refractivity contribution is 6.44. The van der Waals surface area contributed by atoms with Gasteiger partial charge in [-0.2, -0.15) is 0 Å². The van der Waals surface area contributed by atoms with E-state index in [0.717, 1.165) is 11.1 Å². The number of esters is 1. The second-order valence-corrected chi connectivity index (χ2v) is 7.73. The number of benzene rings is 3. The quantitative estimate of drug-likeness (QED) is 0.292. The van der Waals surface area contributed by atoms with E-state index in [1.807, 2.05) is 24.3 Å². The summed E-state index contributed by atoms with van der Waals surface area (Å²) in [6, 6.07) is 19.4. The lowest BCUT2D eigenvalue weighted by Gasteiger charge is -2.08. The average molecular weight is 491 g/mol. The molecule has 8 heteroatoms. The number of nitrogens with one attached hydrogen (secondary N) is 1. The van der Waals surface area contributed by atoms with E-state index in [1.54, 1.807) is 48.5 Å². The predicted molar refractivity (Wildman–Crippen MR) is 127 cm³/mol. The maximum Gasteiger partial charge on any atom is 0.331 e. The Hall–Kier alpha value is -2.99. The van der Waals surface area contributed by atoms with Crippen LogP contribution in [0.4, 0.5) is 5.69 Å². The van der Waals surface area contributed by atoms with Crippen molar-refractivity contribution in [3.8, 4) is 5.75 Å². The standard InChI is InChI=1S/C24H18Cl3NO4/c25-19-5-2-1-4-17(19)14-31-18-11-8-16(9-12-18)10-13-23(30)32-15-22(29)28-21-7-3-6-20(26)24(21)27/h1-13H,14-15H2,(H,28,29). The number of halogens is 3. The number of hydrogen-bond donors (Lipinski definition) is 1. The summed E-state index contributed by atoms with van der Waals surface area (Å²) < 4.78 is 10.7. The molecule has 0 unspecified atom stereocenters. The van der Waals surface area contributed by atoms with E-state index in [-0.39, 0.29) is 5.02 Å². The van der Waals surface area contributed by atoms with Gasteiger partial charge in [0.15, 0.2) is 6.61 Å². The molecule has 0 aromatic heterocycles. The molecule has 0 heterocycles. The zero-order valence-corrected chi connectivity index (χ0v) is 19.0. The molecule has 0 spiro atoms. The molecule has 1 N–H and O–H groups in total. The van der Waals surface area contributed by atoms with Crippen LogP contribution in [0, 0.1) is 0 Å². The largest absolute Gasteiger partial charge is 0.489 e. The van der Waals surface area contributed by atoms with E-state index in [0.29, 0.717) is 28.1 Å². The first-order valence-electron chi connectivity index (χ1n) is 9.47. The Morgan fingerprint density at radius 2 is 1.59 bits per heavy atom. The van der Waals surface area contributed by atoms with Crippen LogP contribution in [0.5, 0.6) is 5.75 Å². The van der Waals surface area contributed by atoms with E-state index in [9.17, 15) is 9.59 Å². The minimum absolute atomic E-state index is 0.216. The first-order chi connectivity index (χ1) is 15.4. The van der Waals surface area contributed by atoms with Crippen molar-refractivity contribution in [2.75, 3.05) is 11.9 Å². The fourth-order valence-electron chi connectivity index (χ4n) is 2.59. The van der Waals surface area contributed by atoms with Crippen molar-refractivity contribution in [2.24, 2.45) is 0 Å². The summed E-state index contributed by atoms with van der Waals surface area (Å²) in [5.74, 6) is -0.520. The van der Waals surface area contributed by atoms with Crippen LogP contribution in [0.3, 0.4) is 0 Å². The number of hydrogen-bond acceptors (Lipinski definition) is 4. The van der Waals surface area contributed by atoms with Crippen molar-refractivity contribution >= 4 is 58.4 Å². The molecule has 32 heavy (non-hydrogen) atoms. The van der Waals surface area contributed by atoms with Gasteiger partial charge < -0.3 is 14.8 Å². The number of anilines is 1. The lowest BCUT2D eigenvalue weighted by molar-refractivity contribution is -0.142. The highest BCUT2D eigenvalue weighted by Crippen LogP contribution is 2.29. The third-order valence-electron chi connectivity index (χ3n) is 4.22. The molecule has 164 valence electrons. The molecule has 0 radical (unpaired) electrons. The van der Waals surface area contributed by atoms with E-state index < -0.39 is 18.5 Å². The Labute approximate surface area is 200 Å². The van der Waals surface area contributed by atoms with Gasteiger partial charge in [0.05, 0.1) is 15.7 Å². The Balaban J connectivity index is 1.45. The van der Waals surface area contributed by atoms with Gasteiger partial charge in [-0.25, -0.2) is 4.79 Å². The van der Waals surface area contributed by atoms with Gasteiger partial charge in [0, 0.05) is 16.7 Å². The van der Waals surface area contributed by atoms with Gasteiger partial charge in [-0.05, 0) is 42.0 Å². The van der Waals surface area contributed by atoms with Crippen molar-refractivity contribution in [3.63, 3.8) is 0 Å². The fraction of sp³-hybridized carbons (Fsp3) is 0.0833. The minimum atomic E-state index is -0.656. The van der Waals surface area contributed by atoms with E-state index in [1.165, 1.54) is 6.08 Å². The number of amides is 1. The van der Waals surface area contributed by atoms with Gasteiger partial charge in [0.2, 0.25) is 0 Å². The van der Waals surface area contributed by atoms with Gasteiger partial charge in [-0.3, -0.25) is 4.79 Å². The lowest BCUT2D eigenvalue weighted by atomic mass is 10.2. The topological polar surface area (TPSA) is 64.6 Å². The van der Waals surface area contributed by atoms with Crippen molar-refractivity contribution in [1.29, 1.82) is 0 Å². The molecule has 0 fully saturated rings. The van der Waals surface area contributed by atoms with Crippen LogP contribution in [-0.4, -0.2) is 18.5 Å². The molecule has 0 atom stereocenters. The van der Waals surface area contributed by atoms with Gasteiger partial charge in [-0.15, -0.1) is 0 Å². The molecule has 3 aromatic carbocycles. The fourth-order valence-corrected chi connectivity index (χ4v) is 3.13. The molecule has 1 amide bonds. The summed E-state index contributed by atoms with van der Waals surface area (Å²) in [4.78, 5) is 23.8. The van der Waals surface area contributed by atoms with Crippen molar-refractivity contribution < 1.29 is 19.1 Å². The first kappa shape index (κ1) is 23.7. The third kappa shape index (κ3) is 7.02. The third-order valence-corrected chi connectivity index (χ3v) is 5.40. The summed E-state index contributed by atoms with van der Waals surface area (Å²) in [5, 5.41) is 3.71. The molecule has 0 aliphatic rings. The average Bonchev–Trinajstić information content (AvgIpc) is 2.79. The van der Waals surface area contributed by atoms with Crippen molar-refractivity contribution in [3.05, 3.63) is 99.0 Å². The summed E-state index contributed by atoms with van der Waals surface area (Å²) in [5.41, 5.74) is 2.00. The van der Waals surface area contributed by atoms with Crippen molar-refractivity contribution in [1.82, 2.24) is 0 Å². The van der Waals surface area contributed by atoms with Gasteiger partial charge in [-0.1, -0.05) is 71.2 Å². The van der Waals surface area contributed by atoms with E-state index in [4.69, 9.17) is 44.3 Å². The monoisotopic (exact) mass is 489 g/mol. The molecule has 0 bridgehead atoms. The van der Waals surface area contributed by atoms with Crippen LogP contribution < -0.4 is 10.1 Å². The minimum Gasteiger partial charge on any atom is -0.489 e. The summed E-state index contributed by atoms with van der Waals surface area (Å²) in [6.45, 7) is -0.107. The molecule has 0 saturated carbocycles. The Kier molecular flexibility index (Phi) is 8.56. The number of rotatable bonds is 8. The first-order valence-corrected chi connectivity index (χ1v) is 10.6. The Morgan fingerprint density at radius 3 is 2.34 bits per heavy atom. The highest BCUT2D eigenvalue weighted by atomic mass is 35.5. The zero-order chi connectivity index (χ0) is 22.9. The van der Waals surface area contributed by atoms with Gasteiger partial charge >= 0.3 is 5.97 Å². The summed E-state index contributed by atoms with van der Waals surface area (Å²) in [6.07, 6.45) is 2.81. The molecular weight excluding hydrogens is 473 g/mol. The van der Waals surface area contributed by atoms with Crippen LogP contribution in [0.1, 0.15) is 11.1 Å². The molecular formula is C24H18Cl3NO4. The normalized spacial score (nSPS) is 10.7. The number of ether oxygens (including phenoxy) is 2. The van der Waals surface area contributed by atoms with E-state index >= 15 is 0 Å². The molecule has 5 nitrogen and oxygen atoms in total. The predicted octanol–water partition coefficient (Wildman–Crippen LogP) is 6.42. The Bertz CT molecular complexity index is 1130. The Morgan fingerprint density at radius 1 is 0.875 bits per heavy atom. The van der Waals surface area contributed by atoms with Crippen LogP contribution in [0.15, 0.2) is 72.8 Å². The smallest absolute Gasteiger partial charge is 0.331 e. The second-order valence-electron chi connectivity index (χ2n) is 6.54. The summed E-state index contributed by atoms with van der Waals surface area (Å²) >= 11 is 18.0. The van der Waals surface area contributed by atoms with Gasteiger partial charge in [0.1, 0.15) is 12.4 Å². The van der Waals surface area contributed by atoms with Crippen LogP contribution in [0.2, 0.25) is 15.1 Å². The van der Waals surface area contributed by atoms with Crippen LogP contribution in [0.25, 0.3) is 6.08 Å². The van der Waals surface area contributed by atoms with Gasteiger partial charge in [0.25, 0.3) is 5.91 Å². The molecule has 0 aliphatic heterocycles. The number of carbonyl (C=O) groups excluding carboxylic acids is 2. The molecule has 0 saturated heterocycles. The molecule has 3 rings (SSSR count). The van der Waals surface area contributed by atoms with E-state index in [2.05, 4.69) is 5.32 Å². The molecule has 0 aliphatic carbocycles. The second kappa shape index (κ2) is 11.6. The molecule has 3 aromatic rings. The maximum absolute atomic E-state index is 11.9. The SMILES string of the molecule is O=C(COC(=O)C=Cc1ccc(OCc2ccccc2Cl)cc1)Nc1cccc(Cl)c1Cl. The lowest BCUT2D eigenvalue weighted by Crippen LogP contribution is -2.20. The van der Waals surface area contributed by atoms with Crippen molar-refractivity contribution in [2.45, 2.75) is 6.61 Å². The van der Waals surface area contributed by atoms with Crippen LogP contribution >= 0.6 is 34.8 Å². The summed E-state index contributed by atoms with van der Waals surface area (Å²) in [7, 11) is 0.